The van der Waals surface area contributed by atoms with Gasteiger partial charge in [-0.1, -0.05) is 26.1 Å². The predicted octanol–water partition coefficient (Wildman–Crippen LogP) is 4.47. The highest BCUT2D eigenvalue weighted by atomic mass is 32.1. The number of thiocarbonyl (C=S) groups is 1. The van der Waals surface area contributed by atoms with E-state index in [0.717, 1.165) is 16.8 Å². The summed E-state index contributed by atoms with van der Waals surface area (Å²) in [5, 5.41) is 8.89. The number of rotatable bonds is 0. The molecular formula is C17H24N2S2. The van der Waals surface area contributed by atoms with Crippen molar-refractivity contribution in [3.05, 3.63) is 16.0 Å². The summed E-state index contributed by atoms with van der Waals surface area (Å²) in [6.45, 7) is 4.74. The molecule has 1 saturated carbocycles. The van der Waals surface area contributed by atoms with Gasteiger partial charge in [0.05, 0.1) is 0 Å². The quantitative estimate of drug-likeness (QED) is 0.690. The van der Waals surface area contributed by atoms with Crippen molar-refractivity contribution in [2.75, 3.05) is 5.32 Å². The summed E-state index contributed by atoms with van der Waals surface area (Å²) in [6.07, 6.45) is 8.71. The molecule has 2 aliphatic carbocycles. The lowest BCUT2D eigenvalue weighted by Gasteiger charge is -2.44. The molecule has 0 bridgehead atoms. The lowest BCUT2D eigenvalue weighted by molar-refractivity contribution is 0.249. The summed E-state index contributed by atoms with van der Waals surface area (Å²) in [6, 6.07) is 0. The first-order chi connectivity index (χ1) is 10.1. The molecule has 2 N–H and O–H groups in total. The van der Waals surface area contributed by atoms with Crippen LogP contribution >= 0.6 is 23.6 Å². The average molecular weight is 321 g/mol. The van der Waals surface area contributed by atoms with E-state index in [1.165, 1.54) is 61.1 Å². The highest BCUT2D eigenvalue weighted by Gasteiger charge is 2.41. The molecule has 0 saturated heterocycles. The second kappa shape index (κ2) is 4.95. The first-order valence-corrected chi connectivity index (χ1v) is 9.54. The summed E-state index contributed by atoms with van der Waals surface area (Å²) >= 11 is 7.74. The van der Waals surface area contributed by atoms with E-state index in [4.69, 9.17) is 12.2 Å². The molecule has 114 valence electrons. The fourth-order valence-electron chi connectivity index (χ4n) is 4.11. The zero-order valence-corrected chi connectivity index (χ0v) is 14.6. The molecule has 2 heterocycles. The van der Waals surface area contributed by atoms with E-state index in [9.17, 15) is 0 Å². The molecular weight excluding hydrogens is 296 g/mol. The Morgan fingerprint density at radius 3 is 2.62 bits per heavy atom. The minimum Gasteiger partial charge on any atom is -0.354 e. The Morgan fingerprint density at radius 1 is 1.10 bits per heavy atom. The molecule has 0 amide bonds. The zero-order valence-electron chi connectivity index (χ0n) is 12.9. The second-order valence-electron chi connectivity index (χ2n) is 7.40. The van der Waals surface area contributed by atoms with E-state index < -0.39 is 0 Å². The van der Waals surface area contributed by atoms with Crippen molar-refractivity contribution in [1.29, 1.82) is 0 Å². The highest BCUT2D eigenvalue weighted by Crippen LogP contribution is 2.45. The smallest absolute Gasteiger partial charge is 0.111 e. The van der Waals surface area contributed by atoms with Crippen molar-refractivity contribution in [2.24, 2.45) is 11.8 Å². The molecule has 1 aromatic rings. The Labute approximate surface area is 136 Å². The molecule has 1 spiro atoms. The van der Waals surface area contributed by atoms with Crippen molar-refractivity contribution >= 4 is 33.5 Å². The molecule has 1 aliphatic heterocycles. The first-order valence-electron chi connectivity index (χ1n) is 8.31. The molecule has 4 rings (SSSR count). The molecule has 1 aromatic heterocycles. The highest BCUT2D eigenvalue weighted by molar-refractivity contribution is 7.80. The summed E-state index contributed by atoms with van der Waals surface area (Å²) in [5.74, 6) is 1.68. The topological polar surface area (TPSA) is 24.1 Å². The molecule has 1 unspecified atom stereocenters. The van der Waals surface area contributed by atoms with Crippen LogP contribution in [-0.4, -0.2) is 10.7 Å². The Balaban J connectivity index is 1.68. The Bertz CT molecular complexity index is 582. The van der Waals surface area contributed by atoms with E-state index in [2.05, 4.69) is 24.5 Å². The molecule has 4 heteroatoms. The number of fused-ring (bicyclic) bond motifs is 3. The lowest BCUT2D eigenvalue weighted by atomic mass is 9.81. The van der Waals surface area contributed by atoms with Crippen molar-refractivity contribution in [1.82, 2.24) is 5.32 Å². The third-order valence-corrected chi connectivity index (χ3v) is 7.05. The monoisotopic (exact) mass is 320 g/mol. The van der Waals surface area contributed by atoms with Gasteiger partial charge in [-0.05, 0) is 62.3 Å². The minimum absolute atomic E-state index is 0.0374. The van der Waals surface area contributed by atoms with Crippen molar-refractivity contribution in [3.63, 3.8) is 0 Å². The largest absolute Gasteiger partial charge is 0.354 e. The van der Waals surface area contributed by atoms with Crippen molar-refractivity contribution in [2.45, 2.75) is 64.5 Å². The molecule has 1 fully saturated rings. The van der Waals surface area contributed by atoms with Gasteiger partial charge in [0.15, 0.2) is 0 Å². The fourth-order valence-corrected chi connectivity index (χ4v) is 6.11. The van der Waals surface area contributed by atoms with Crippen LogP contribution in [0.5, 0.6) is 0 Å². The van der Waals surface area contributed by atoms with Crippen LogP contribution < -0.4 is 10.6 Å². The Hall–Kier alpha value is -0.610. The molecule has 21 heavy (non-hydrogen) atoms. The Morgan fingerprint density at radius 2 is 1.86 bits per heavy atom. The molecule has 2 nitrogen and oxygen atoms in total. The van der Waals surface area contributed by atoms with Crippen molar-refractivity contribution in [3.8, 4) is 0 Å². The van der Waals surface area contributed by atoms with E-state index in [-0.39, 0.29) is 5.66 Å². The summed E-state index contributed by atoms with van der Waals surface area (Å²) in [5.41, 5.74) is 2.91. The zero-order chi connectivity index (χ0) is 14.6. The van der Waals surface area contributed by atoms with Gasteiger partial charge in [-0.25, -0.2) is 0 Å². The van der Waals surface area contributed by atoms with Gasteiger partial charge in [0, 0.05) is 10.4 Å². The maximum absolute atomic E-state index is 5.77. The van der Waals surface area contributed by atoms with Gasteiger partial charge in [-0.3, -0.25) is 0 Å². The van der Waals surface area contributed by atoms with Gasteiger partial charge in [0.25, 0.3) is 0 Å². The van der Waals surface area contributed by atoms with Gasteiger partial charge < -0.3 is 10.6 Å². The first kappa shape index (κ1) is 14.0. The maximum atomic E-state index is 5.77. The van der Waals surface area contributed by atoms with Crippen LogP contribution in [0.4, 0.5) is 5.00 Å². The fraction of sp³-hybridized carbons (Fsp3) is 0.706. The summed E-state index contributed by atoms with van der Waals surface area (Å²) < 4.78 is 0. The third kappa shape index (κ3) is 2.31. The predicted molar refractivity (Wildman–Crippen MR) is 94.3 cm³/mol. The van der Waals surface area contributed by atoms with Gasteiger partial charge in [0.1, 0.15) is 15.7 Å². The molecule has 0 radical (unpaired) electrons. The van der Waals surface area contributed by atoms with Crippen LogP contribution in [0.15, 0.2) is 0 Å². The standard InChI is InChI=1S/C17H24N2S2/c1-10-5-7-17(8-6-10)18-15(20)14-12-4-3-11(2)9-13(12)21-16(14)19-17/h10-11,19H,3-9H2,1-2H3,(H,18,20). The van der Waals surface area contributed by atoms with Gasteiger partial charge in [-0.2, -0.15) is 0 Å². The molecule has 3 aliphatic rings. The Kier molecular flexibility index (Phi) is 3.30. The summed E-state index contributed by atoms with van der Waals surface area (Å²) in [7, 11) is 0. The number of hydrogen-bond acceptors (Lipinski definition) is 3. The van der Waals surface area contributed by atoms with Crippen LogP contribution in [0.25, 0.3) is 0 Å². The van der Waals surface area contributed by atoms with Gasteiger partial charge >= 0.3 is 0 Å². The van der Waals surface area contributed by atoms with E-state index in [1.54, 1.807) is 4.88 Å². The summed E-state index contributed by atoms with van der Waals surface area (Å²) in [4.78, 5) is 2.59. The van der Waals surface area contributed by atoms with Crippen LogP contribution in [0, 0.1) is 11.8 Å². The van der Waals surface area contributed by atoms with E-state index in [1.807, 2.05) is 11.3 Å². The van der Waals surface area contributed by atoms with Crippen LogP contribution in [-0.2, 0) is 12.8 Å². The van der Waals surface area contributed by atoms with E-state index in [0.29, 0.717) is 0 Å². The minimum atomic E-state index is 0.0374. The van der Waals surface area contributed by atoms with Gasteiger partial charge in [-0.15, -0.1) is 11.3 Å². The van der Waals surface area contributed by atoms with Crippen LogP contribution in [0.1, 0.15) is 62.0 Å². The van der Waals surface area contributed by atoms with Crippen LogP contribution in [0.3, 0.4) is 0 Å². The molecule has 1 atom stereocenters. The number of hydrogen-bond donors (Lipinski definition) is 2. The normalized spacial score (nSPS) is 34.9. The maximum Gasteiger partial charge on any atom is 0.111 e. The van der Waals surface area contributed by atoms with E-state index >= 15 is 0 Å². The average Bonchev–Trinajstić information content (AvgIpc) is 2.79. The third-order valence-electron chi connectivity index (χ3n) is 5.57. The second-order valence-corrected chi connectivity index (χ2v) is 8.91. The van der Waals surface area contributed by atoms with Crippen LogP contribution in [0.2, 0.25) is 0 Å². The lowest BCUT2D eigenvalue weighted by Crippen LogP contribution is -2.58. The SMILES string of the molecule is CC1CCC2(CC1)NC(=S)c1c(sc3c1CCC(C)C3)N2. The molecule has 0 aromatic carbocycles. The number of thiophene rings is 1. The number of anilines is 1. The van der Waals surface area contributed by atoms with Crippen molar-refractivity contribution < 1.29 is 0 Å². The number of nitrogens with one attached hydrogen (secondary N) is 2. The van der Waals surface area contributed by atoms with Gasteiger partial charge in [0.2, 0.25) is 0 Å².